The molecule has 0 bridgehead atoms. The van der Waals surface area contributed by atoms with E-state index in [0.717, 1.165) is 13.2 Å². The number of hydrogen-bond acceptors (Lipinski definition) is 4. The molecule has 0 fully saturated rings. The van der Waals surface area contributed by atoms with Gasteiger partial charge in [0.2, 0.25) is 0 Å². The summed E-state index contributed by atoms with van der Waals surface area (Å²) in [7, 11) is 1.73. The van der Waals surface area contributed by atoms with Gasteiger partial charge in [0.25, 0.3) is 0 Å². The van der Waals surface area contributed by atoms with Crippen molar-refractivity contribution in [2.24, 2.45) is 0 Å². The molecule has 1 heterocycles. The maximum atomic E-state index is 5.07. The van der Waals surface area contributed by atoms with E-state index in [4.69, 9.17) is 4.74 Å². The highest BCUT2D eigenvalue weighted by Gasteiger charge is 2.16. The molecule has 0 spiro atoms. The normalized spacial score (nSPS) is 16.7. The lowest BCUT2D eigenvalue weighted by Crippen LogP contribution is -2.29. The van der Waals surface area contributed by atoms with Crippen LogP contribution in [0.5, 0.6) is 0 Å². The van der Waals surface area contributed by atoms with Gasteiger partial charge < -0.3 is 10.1 Å². The van der Waals surface area contributed by atoms with Gasteiger partial charge in [-0.1, -0.05) is 0 Å². The SMILES string of the molecule is COCC(C)NCc1nc2c(s1)CCC2. The van der Waals surface area contributed by atoms with E-state index >= 15 is 0 Å². The fourth-order valence-corrected chi connectivity index (χ4v) is 3.00. The first kappa shape index (κ1) is 11.0. The Hall–Kier alpha value is -0.450. The van der Waals surface area contributed by atoms with Crippen molar-refractivity contribution in [3.05, 3.63) is 15.6 Å². The molecule has 1 atom stereocenters. The van der Waals surface area contributed by atoms with E-state index in [0.29, 0.717) is 6.04 Å². The van der Waals surface area contributed by atoms with Crippen LogP contribution in [0.4, 0.5) is 0 Å². The lowest BCUT2D eigenvalue weighted by atomic mass is 10.3. The largest absolute Gasteiger partial charge is 0.383 e. The number of aryl methyl sites for hydroxylation is 2. The van der Waals surface area contributed by atoms with Crippen LogP contribution >= 0.6 is 11.3 Å². The molecule has 0 saturated heterocycles. The van der Waals surface area contributed by atoms with Crippen molar-refractivity contribution in [2.75, 3.05) is 13.7 Å². The highest BCUT2D eigenvalue weighted by molar-refractivity contribution is 7.11. The molecule has 0 aromatic carbocycles. The number of ether oxygens (including phenoxy) is 1. The Bertz CT molecular complexity index is 303. The van der Waals surface area contributed by atoms with Gasteiger partial charge in [0.05, 0.1) is 12.3 Å². The zero-order valence-electron chi connectivity index (χ0n) is 9.38. The topological polar surface area (TPSA) is 34.1 Å². The molecule has 1 aromatic rings. The molecule has 15 heavy (non-hydrogen) atoms. The third-order valence-electron chi connectivity index (χ3n) is 2.66. The summed E-state index contributed by atoms with van der Waals surface area (Å²) >= 11 is 1.87. The molecular formula is C11H18N2OS. The van der Waals surface area contributed by atoms with Gasteiger partial charge in [-0.3, -0.25) is 0 Å². The second kappa shape index (κ2) is 5.05. The highest BCUT2D eigenvalue weighted by atomic mass is 32.1. The number of nitrogens with zero attached hydrogens (tertiary/aromatic N) is 1. The van der Waals surface area contributed by atoms with Crippen molar-refractivity contribution < 1.29 is 4.74 Å². The highest BCUT2D eigenvalue weighted by Crippen LogP contribution is 2.27. The summed E-state index contributed by atoms with van der Waals surface area (Å²) in [6, 6.07) is 0.397. The maximum Gasteiger partial charge on any atom is 0.107 e. The van der Waals surface area contributed by atoms with Crippen molar-refractivity contribution in [3.63, 3.8) is 0 Å². The number of fused-ring (bicyclic) bond motifs is 1. The Morgan fingerprint density at radius 3 is 3.13 bits per heavy atom. The average molecular weight is 226 g/mol. The number of aromatic nitrogens is 1. The van der Waals surface area contributed by atoms with Gasteiger partial charge in [0.15, 0.2) is 0 Å². The number of thiazole rings is 1. The minimum Gasteiger partial charge on any atom is -0.383 e. The average Bonchev–Trinajstić information content (AvgIpc) is 2.74. The van der Waals surface area contributed by atoms with Crippen LogP contribution in [-0.2, 0) is 24.1 Å². The van der Waals surface area contributed by atoms with Gasteiger partial charge in [-0.15, -0.1) is 11.3 Å². The first-order chi connectivity index (χ1) is 7.29. The van der Waals surface area contributed by atoms with Crippen LogP contribution < -0.4 is 5.32 Å². The monoisotopic (exact) mass is 226 g/mol. The molecule has 84 valence electrons. The van der Waals surface area contributed by atoms with Crippen LogP contribution in [0.25, 0.3) is 0 Å². The minimum atomic E-state index is 0.397. The molecule has 1 aliphatic carbocycles. The van der Waals surface area contributed by atoms with E-state index in [9.17, 15) is 0 Å². The Balaban J connectivity index is 1.83. The number of rotatable bonds is 5. The fourth-order valence-electron chi connectivity index (χ4n) is 1.89. The van der Waals surface area contributed by atoms with Gasteiger partial charge >= 0.3 is 0 Å². The van der Waals surface area contributed by atoms with E-state index in [1.54, 1.807) is 7.11 Å². The first-order valence-electron chi connectivity index (χ1n) is 5.49. The predicted molar refractivity (Wildman–Crippen MR) is 62.3 cm³/mol. The summed E-state index contributed by atoms with van der Waals surface area (Å²) in [5, 5.41) is 4.64. The Labute approximate surface area is 94.9 Å². The van der Waals surface area contributed by atoms with Crippen LogP contribution in [0.15, 0.2) is 0 Å². The number of hydrogen-bond donors (Lipinski definition) is 1. The van der Waals surface area contributed by atoms with Crippen molar-refractivity contribution >= 4 is 11.3 Å². The Morgan fingerprint density at radius 1 is 1.53 bits per heavy atom. The summed E-state index contributed by atoms with van der Waals surface area (Å²) in [4.78, 5) is 6.14. The predicted octanol–water partition coefficient (Wildman–Crippen LogP) is 1.76. The van der Waals surface area contributed by atoms with Gasteiger partial charge in [0, 0.05) is 24.6 Å². The van der Waals surface area contributed by atoms with E-state index in [1.165, 1.54) is 34.8 Å². The van der Waals surface area contributed by atoms with Gasteiger partial charge in [-0.25, -0.2) is 4.98 Å². The molecule has 4 heteroatoms. The molecule has 0 saturated carbocycles. The third-order valence-corrected chi connectivity index (χ3v) is 3.82. The molecule has 0 radical (unpaired) electrons. The van der Waals surface area contributed by atoms with Gasteiger partial charge in [-0.05, 0) is 26.2 Å². The summed E-state index contributed by atoms with van der Waals surface area (Å²) in [5.41, 5.74) is 1.34. The first-order valence-corrected chi connectivity index (χ1v) is 6.31. The number of methoxy groups -OCH3 is 1. The molecule has 3 nitrogen and oxygen atoms in total. The minimum absolute atomic E-state index is 0.397. The van der Waals surface area contributed by atoms with E-state index in [1.807, 2.05) is 11.3 Å². The van der Waals surface area contributed by atoms with E-state index in [-0.39, 0.29) is 0 Å². The number of nitrogens with one attached hydrogen (secondary N) is 1. The second-order valence-electron chi connectivity index (χ2n) is 4.07. The summed E-state index contributed by atoms with van der Waals surface area (Å²) in [6.45, 7) is 3.76. The van der Waals surface area contributed by atoms with Gasteiger partial charge in [-0.2, -0.15) is 0 Å². The van der Waals surface area contributed by atoms with Crippen LogP contribution in [0.1, 0.15) is 28.9 Å². The molecule has 1 aromatic heterocycles. The summed E-state index contributed by atoms with van der Waals surface area (Å²) in [5.74, 6) is 0. The smallest absolute Gasteiger partial charge is 0.107 e. The lowest BCUT2D eigenvalue weighted by Gasteiger charge is -2.10. The quantitative estimate of drug-likeness (QED) is 0.830. The molecule has 0 amide bonds. The third kappa shape index (κ3) is 2.77. The Morgan fingerprint density at radius 2 is 2.40 bits per heavy atom. The maximum absolute atomic E-state index is 5.07. The lowest BCUT2D eigenvalue weighted by molar-refractivity contribution is 0.171. The van der Waals surface area contributed by atoms with E-state index in [2.05, 4.69) is 17.2 Å². The molecule has 1 unspecified atom stereocenters. The second-order valence-corrected chi connectivity index (χ2v) is 5.24. The van der Waals surface area contributed by atoms with Crippen molar-refractivity contribution in [2.45, 2.75) is 38.8 Å². The van der Waals surface area contributed by atoms with Crippen molar-refractivity contribution in [1.29, 1.82) is 0 Å². The van der Waals surface area contributed by atoms with Crippen LogP contribution in [0, 0.1) is 0 Å². The summed E-state index contributed by atoms with van der Waals surface area (Å²) in [6.07, 6.45) is 3.71. The molecule has 0 aliphatic heterocycles. The Kier molecular flexibility index (Phi) is 3.72. The molecular weight excluding hydrogens is 208 g/mol. The van der Waals surface area contributed by atoms with E-state index < -0.39 is 0 Å². The molecule has 2 rings (SSSR count). The van der Waals surface area contributed by atoms with Crippen LogP contribution in [0.3, 0.4) is 0 Å². The van der Waals surface area contributed by atoms with Gasteiger partial charge in [0.1, 0.15) is 5.01 Å². The standard InChI is InChI=1S/C11H18N2OS/c1-8(7-14-2)12-6-11-13-9-4-3-5-10(9)15-11/h8,12H,3-7H2,1-2H3. The van der Waals surface area contributed by atoms with Crippen molar-refractivity contribution in [1.82, 2.24) is 10.3 Å². The zero-order valence-corrected chi connectivity index (χ0v) is 10.2. The summed E-state index contributed by atoms with van der Waals surface area (Å²) < 4.78 is 5.07. The fraction of sp³-hybridized carbons (Fsp3) is 0.727. The zero-order chi connectivity index (χ0) is 10.7. The van der Waals surface area contributed by atoms with Crippen LogP contribution in [-0.4, -0.2) is 24.7 Å². The van der Waals surface area contributed by atoms with Crippen molar-refractivity contribution in [3.8, 4) is 0 Å². The van der Waals surface area contributed by atoms with Crippen LogP contribution in [0.2, 0.25) is 0 Å². The molecule has 1 N–H and O–H groups in total. The molecule has 1 aliphatic rings.